The maximum absolute atomic E-state index is 8.96. The maximum atomic E-state index is 8.96. The van der Waals surface area contributed by atoms with E-state index in [9.17, 15) is 0 Å². The van der Waals surface area contributed by atoms with Gasteiger partial charge in [0.15, 0.2) is 0 Å². The summed E-state index contributed by atoms with van der Waals surface area (Å²) in [4.78, 5) is 13.1. The van der Waals surface area contributed by atoms with Crippen molar-refractivity contribution in [1.29, 1.82) is 5.26 Å². The van der Waals surface area contributed by atoms with Crippen LogP contribution in [0.25, 0.3) is 0 Å². The lowest BCUT2D eigenvalue weighted by Gasteiger charge is -2.22. The lowest BCUT2D eigenvalue weighted by atomic mass is 10.2. The number of hydrogen-bond donors (Lipinski definition) is 0. The van der Waals surface area contributed by atoms with E-state index in [1.807, 2.05) is 18.9 Å². The van der Waals surface area contributed by atoms with E-state index >= 15 is 0 Å². The Morgan fingerprint density at radius 2 is 2.30 bits per heavy atom. The Morgan fingerprint density at radius 3 is 2.90 bits per heavy atom. The third-order valence-electron chi connectivity index (χ3n) is 3.47. The first-order valence-corrected chi connectivity index (χ1v) is 6.93. The number of anilines is 1. The normalized spacial score (nSPS) is 14.2. The van der Waals surface area contributed by atoms with E-state index in [1.54, 1.807) is 6.07 Å². The van der Waals surface area contributed by atoms with Crippen molar-refractivity contribution in [1.82, 2.24) is 9.88 Å². The zero-order chi connectivity index (χ0) is 14.7. The minimum Gasteiger partial charge on any atom is -0.362 e. The van der Waals surface area contributed by atoms with Crippen molar-refractivity contribution in [3.05, 3.63) is 22.3 Å². The molecule has 6 heteroatoms. The van der Waals surface area contributed by atoms with Crippen LogP contribution in [-0.2, 0) is 0 Å². The average Bonchev–Trinajstić information content (AvgIpc) is 2.83. The zero-order valence-electron chi connectivity index (χ0n) is 12.0. The molecule has 2 rings (SSSR count). The van der Waals surface area contributed by atoms with Gasteiger partial charge in [-0.3, -0.25) is 4.99 Å². The first-order chi connectivity index (χ1) is 9.52. The molecule has 5 nitrogen and oxygen atoms in total. The van der Waals surface area contributed by atoms with E-state index in [4.69, 9.17) is 16.9 Å². The standard InChI is InChI=1S/C14H18ClN5/c1-10-11(9-16)8-12(15)14(18-10)20(3)6-4-13-17-5-7-19(13)2/h8H,4-7H2,1-3H3. The third-order valence-corrected chi connectivity index (χ3v) is 3.75. The van der Waals surface area contributed by atoms with Crippen LogP contribution in [0.1, 0.15) is 17.7 Å². The highest BCUT2D eigenvalue weighted by atomic mass is 35.5. The SMILES string of the molecule is Cc1nc(N(C)CCC2=NCCN2C)c(Cl)cc1C#N. The van der Waals surface area contributed by atoms with Crippen molar-refractivity contribution >= 4 is 23.3 Å². The fourth-order valence-electron chi connectivity index (χ4n) is 2.17. The highest BCUT2D eigenvalue weighted by Crippen LogP contribution is 2.25. The predicted molar refractivity (Wildman–Crippen MR) is 81.5 cm³/mol. The molecule has 0 atom stereocenters. The first kappa shape index (κ1) is 14.6. The molecule has 0 radical (unpaired) electrons. The van der Waals surface area contributed by atoms with E-state index in [1.165, 1.54) is 0 Å². The first-order valence-electron chi connectivity index (χ1n) is 6.55. The zero-order valence-corrected chi connectivity index (χ0v) is 12.8. The highest BCUT2D eigenvalue weighted by Gasteiger charge is 2.15. The molecule has 0 aliphatic carbocycles. The summed E-state index contributed by atoms with van der Waals surface area (Å²) < 4.78 is 0. The molecule has 20 heavy (non-hydrogen) atoms. The van der Waals surface area contributed by atoms with Crippen LogP contribution >= 0.6 is 11.6 Å². The van der Waals surface area contributed by atoms with Crippen molar-refractivity contribution in [2.24, 2.45) is 4.99 Å². The molecule has 2 heterocycles. The topological polar surface area (TPSA) is 55.5 Å². The molecule has 0 spiro atoms. The number of pyridine rings is 1. The molecule has 0 N–H and O–H groups in total. The van der Waals surface area contributed by atoms with Crippen molar-refractivity contribution in [3.63, 3.8) is 0 Å². The summed E-state index contributed by atoms with van der Waals surface area (Å²) in [6, 6.07) is 3.77. The van der Waals surface area contributed by atoms with Gasteiger partial charge in [0.2, 0.25) is 0 Å². The smallest absolute Gasteiger partial charge is 0.147 e. The molecule has 1 aromatic rings. The number of nitriles is 1. The molecule has 0 unspecified atom stereocenters. The highest BCUT2D eigenvalue weighted by molar-refractivity contribution is 6.33. The number of aromatic nitrogens is 1. The van der Waals surface area contributed by atoms with E-state index in [-0.39, 0.29) is 0 Å². The fourth-order valence-corrected chi connectivity index (χ4v) is 2.47. The number of hydrogen-bond acceptors (Lipinski definition) is 5. The fraction of sp³-hybridized carbons (Fsp3) is 0.500. The van der Waals surface area contributed by atoms with Crippen LogP contribution in [0, 0.1) is 18.3 Å². The molecule has 0 aromatic carbocycles. The summed E-state index contributed by atoms with van der Waals surface area (Å²) in [6.07, 6.45) is 0.865. The second kappa shape index (κ2) is 6.10. The molecule has 0 saturated carbocycles. The summed E-state index contributed by atoms with van der Waals surface area (Å²) in [7, 11) is 4.01. The molecule has 1 aromatic heterocycles. The molecule has 0 amide bonds. The lowest BCUT2D eigenvalue weighted by Crippen LogP contribution is -2.28. The van der Waals surface area contributed by atoms with Gasteiger partial charge in [-0.25, -0.2) is 4.98 Å². The van der Waals surface area contributed by atoms with Gasteiger partial charge in [-0.05, 0) is 13.0 Å². The quantitative estimate of drug-likeness (QED) is 0.852. The number of nitrogens with zero attached hydrogens (tertiary/aromatic N) is 5. The van der Waals surface area contributed by atoms with Crippen molar-refractivity contribution in [2.45, 2.75) is 13.3 Å². The van der Waals surface area contributed by atoms with Gasteiger partial charge in [-0.1, -0.05) is 11.6 Å². The van der Waals surface area contributed by atoms with Gasteiger partial charge in [-0.2, -0.15) is 5.26 Å². The average molecular weight is 292 g/mol. The van der Waals surface area contributed by atoms with Crippen LogP contribution in [0.4, 0.5) is 5.82 Å². The van der Waals surface area contributed by atoms with E-state index < -0.39 is 0 Å². The molecule has 0 saturated heterocycles. The van der Waals surface area contributed by atoms with E-state index in [0.717, 1.165) is 31.9 Å². The van der Waals surface area contributed by atoms with Crippen LogP contribution in [0.5, 0.6) is 0 Å². The Hall–Kier alpha value is -1.80. The molecular weight excluding hydrogens is 274 g/mol. The van der Waals surface area contributed by atoms with E-state index in [0.29, 0.717) is 22.1 Å². The van der Waals surface area contributed by atoms with Crippen molar-refractivity contribution < 1.29 is 0 Å². The summed E-state index contributed by atoms with van der Waals surface area (Å²) in [5, 5.41) is 9.48. The molecular formula is C14H18ClN5. The number of rotatable bonds is 4. The van der Waals surface area contributed by atoms with Crippen LogP contribution in [0.3, 0.4) is 0 Å². The summed E-state index contributed by atoms with van der Waals surface area (Å²) in [5.74, 6) is 1.84. The number of amidine groups is 1. The minimum absolute atomic E-state index is 0.511. The molecule has 1 aliphatic heterocycles. The summed E-state index contributed by atoms with van der Waals surface area (Å²) in [6.45, 7) is 4.49. The Balaban J connectivity index is 2.08. The van der Waals surface area contributed by atoms with Crippen LogP contribution in [-0.4, -0.2) is 49.4 Å². The van der Waals surface area contributed by atoms with Crippen LogP contribution in [0.2, 0.25) is 5.02 Å². The second-order valence-corrected chi connectivity index (χ2v) is 5.34. The summed E-state index contributed by atoms with van der Waals surface area (Å²) >= 11 is 6.20. The van der Waals surface area contributed by atoms with Gasteiger partial charge in [0.05, 0.1) is 22.8 Å². The molecule has 0 bridgehead atoms. The van der Waals surface area contributed by atoms with Gasteiger partial charge in [0.25, 0.3) is 0 Å². The van der Waals surface area contributed by atoms with Gasteiger partial charge >= 0.3 is 0 Å². The Labute approximate surface area is 124 Å². The number of likely N-dealkylation sites (N-methyl/N-ethyl adjacent to an activating group) is 1. The second-order valence-electron chi connectivity index (χ2n) is 4.93. The molecule has 0 fully saturated rings. The van der Waals surface area contributed by atoms with Crippen molar-refractivity contribution in [2.75, 3.05) is 38.6 Å². The van der Waals surface area contributed by atoms with Crippen LogP contribution < -0.4 is 4.90 Å². The van der Waals surface area contributed by atoms with Gasteiger partial charge in [-0.15, -0.1) is 0 Å². The van der Waals surface area contributed by atoms with E-state index in [2.05, 4.69) is 28.0 Å². The number of aryl methyl sites for hydroxylation is 1. The number of halogens is 1. The predicted octanol–water partition coefficient (Wildman–Crippen LogP) is 2.09. The van der Waals surface area contributed by atoms with Gasteiger partial charge in [0, 0.05) is 33.6 Å². The Kier molecular flexibility index (Phi) is 4.46. The summed E-state index contributed by atoms with van der Waals surface area (Å²) in [5.41, 5.74) is 1.22. The maximum Gasteiger partial charge on any atom is 0.147 e. The minimum atomic E-state index is 0.511. The lowest BCUT2D eigenvalue weighted by molar-refractivity contribution is 0.544. The molecule has 1 aliphatic rings. The van der Waals surface area contributed by atoms with Gasteiger partial charge in [0.1, 0.15) is 17.7 Å². The number of aliphatic imine (C=N–C) groups is 1. The monoisotopic (exact) mass is 291 g/mol. The molecule has 106 valence electrons. The van der Waals surface area contributed by atoms with Crippen molar-refractivity contribution in [3.8, 4) is 6.07 Å². The Bertz CT molecular complexity index is 576. The van der Waals surface area contributed by atoms with Crippen LogP contribution in [0.15, 0.2) is 11.1 Å². The van der Waals surface area contributed by atoms with Gasteiger partial charge < -0.3 is 9.80 Å². The largest absolute Gasteiger partial charge is 0.362 e. The third kappa shape index (κ3) is 3.02. The Morgan fingerprint density at radius 1 is 1.55 bits per heavy atom.